The molecule has 110 valence electrons. The largest absolute Gasteiger partial charge is 0.344 e. The molecule has 0 saturated carbocycles. The first-order chi connectivity index (χ1) is 9.32. The molecule has 0 unspecified atom stereocenters. The van der Waals surface area contributed by atoms with Gasteiger partial charge in [0.2, 0.25) is 0 Å². The number of carbonyl (C=O) groups is 2. The first kappa shape index (κ1) is 16.2. The Labute approximate surface area is 121 Å². The van der Waals surface area contributed by atoms with Crippen molar-refractivity contribution in [3.05, 3.63) is 35.4 Å². The minimum Gasteiger partial charge on any atom is -0.344 e. The van der Waals surface area contributed by atoms with Crippen LogP contribution < -0.4 is 5.32 Å². The molecule has 0 radical (unpaired) electrons. The van der Waals surface area contributed by atoms with E-state index in [0.29, 0.717) is 6.54 Å². The van der Waals surface area contributed by atoms with Gasteiger partial charge in [0.25, 0.3) is 0 Å². The van der Waals surface area contributed by atoms with Crippen LogP contribution in [0.1, 0.15) is 38.8 Å². The lowest BCUT2D eigenvalue weighted by Crippen LogP contribution is -2.49. The van der Waals surface area contributed by atoms with Gasteiger partial charge in [-0.2, -0.15) is 0 Å². The molecule has 0 aliphatic carbocycles. The van der Waals surface area contributed by atoms with E-state index in [-0.39, 0.29) is 12.1 Å². The standard InChI is InChI=1S/C16H24N2O2/c1-11(2)18(12(3)4)16(20)15(19)17-10-14-8-6-13(5)7-9-14/h6-9,11-12H,10H2,1-5H3,(H,17,19). The van der Waals surface area contributed by atoms with E-state index >= 15 is 0 Å². The van der Waals surface area contributed by atoms with Gasteiger partial charge in [0.1, 0.15) is 0 Å². The molecule has 0 aliphatic rings. The third-order valence-corrected chi connectivity index (χ3v) is 3.12. The molecule has 0 bridgehead atoms. The van der Waals surface area contributed by atoms with Crippen LogP contribution in [-0.2, 0) is 16.1 Å². The van der Waals surface area contributed by atoms with Gasteiger partial charge in [0, 0.05) is 18.6 Å². The quantitative estimate of drug-likeness (QED) is 0.858. The summed E-state index contributed by atoms with van der Waals surface area (Å²) in [5, 5.41) is 2.68. The minimum atomic E-state index is -0.548. The highest BCUT2D eigenvalue weighted by Gasteiger charge is 2.25. The van der Waals surface area contributed by atoms with Crippen molar-refractivity contribution in [2.24, 2.45) is 0 Å². The van der Waals surface area contributed by atoms with Gasteiger partial charge < -0.3 is 10.2 Å². The summed E-state index contributed by atoms with van der Waals surface area (Å²) in [6.07, 6.45) is 0. The van der Waals surface area contributed by atoms with Crippen LogP contribution in [-0.4, -0.2) is 28.8 Å². The monoisotopic (exact) mass is 276 g/mol. The van der Waals surface area contributed by atoms with Crippen LogP contribution in [0.25, 0.3) is 0 Å². The SMILES string of the molecule is Cc1ccc(CNC(=O)C(=O)N(C(C)C)C(C)C)cc1. The number of benzene rings is 1. The molecular weight excluding hydrogens is 252 g/mol. The van der Waals surface area contributed by atoms with Gasteiger partial charge in [-0.1, -0.05) is 29.8 Å². The summed E-state index contributed by atoms with van der Waals surface area (Å²) in [7, 11) is 0. The van der Waals surface area contributed by atoms with Crippen LogP contribution in [0.2, 0.25) is 0 Å². The smallest absolute Gasteiger partial charge is 0.312 e. The van der Waals surface area contributed by atoms with Crippen LogP contribution in [0.3, 0.4) is 0 Å². The fourth-order valence-corrected chi connectivity index (χ4v) is 2.15. The summed E-state index contributed by atoms with van der Waals surface area (Å²) < 4.78 is 0. The first-order valence-corrected chi connectivity index (χ1v) is 6.99. The first-order valence-electron chi connectivity index (χ1n) is 6.99. The molecule has 1 aromatic rings. The molecule has 0 heterocycles. The number of aryl methyl sites for hydroxylation is 1. The van der Waals surface area contributed by atoms with Gasteiger partial charge >= 0.3 is 11.8 Å². The van der Waals surface area contributed by atoms with Crippen LogP contribution >= 0.6 is 0 Å². The molecule has 1 N–H and O–H groups in total. The Kier molecular flexibility index (Phi) is 5.74. The second-order valence-electron chi connectivity index (χ2n) is 5.57. The summed E-state index contributed by atoms with van der Waals surface area (Å²) in [5.41, 5.74) is 2.15. The second-order valence-corrected chi connectivity index (χ2v) is 5.57. The summed E-state index contributed by atoms with van der Waals surface area (Å²) in [6.45, 7) is 10.0. The molecule has 0 aliphatic heterocycles. The maximum atomic E-state index is 12.1. The van der Waals surface area contributed by atoms with Gasteiger partial charge in [0.15, 0.2) is 0 Å². The molecule has 0 saturated heterocycles. The number of carbonyl (C=O) groups excluding carboxylic acids is 2. The Bertz CT molecular complexity index is 456. The van der Waals surface area contributed by atoms with E-state index in [1.54, 1.807) is 4.90 Å². The lowest BCUT2D eigenvalue weighted by atomic mass is 10.1. The Balaban J connectivity index is 2.61. The van der Waals surface area contributed by atoms with Crippen LogP contribution in [0.15, 0.2) is 24.3 Å². The van der Waals surface area contributed by atoms with Crippen LogP contribution in [0.5, 0.6) is 0 Å². The maximum Gasteiger partial charge on any atom is 0.312 e. The second kappa shape index (κ2) is 7.08. The zero-order valence-electron chi connectivity index (χ0n) is 12.9. The number of nitrogens with one attached hydrogen (secondary N) is 1. The van der Waals surface area contributed by atoms with E-state index in [4.69, 9.17) is 0 Å². The van der Waals surface area contributed by atoms with E-state index in [9.17, 15) is 9.59 Å². The topological polar surface area (TPSA) is 49.4 Å². The highest BCUT2D eigenvalue weighted by Crippen LogP contribution is 2.06. The molecule has 0 fully saturated rings. The summed E-state index contributed by atoms with van der Waals surface area (Å²) in [4.78, 5) is 25.6. The van der Waals surface area contributed by atoms with Gasteiger partial charge in [-0.25, -0.2) is 0 Å². The van der Waals surface area contributed by atoms with Crippen molar-refractivity contribution in [3.63, 3.8) is 0 Å². The average Bonchev–Trinajstić information content (AvgIpc) is 2.36. The predicted octanol–water partition coefficient (Wildman–Crippen LogP) is 2.26. The van der Waals surface area contributed by atoms with E-state index in [2.05, 4.69) is 5.32 Å². The molecule has 0 atom stereocenters. The van der Waals surface area contributed by atoms with Crippen LogP contribution in [0.4, 0.5) is 0 Å². The zero-order chi connectivity index (χ0) is 15.3. The highest BCUT2D eigenvalue weighted by molar-refractivity contribution is 6.35. The number of hydrogen-bond donors (Lipinski definition) is 1. The zero-order valence-corrected chi connectivity index (χ0v) is 12.9. The lowest BCUT2D eigenvalue weighted by molar-refractivity contribution is -0.148. The van der Waals surface area contributed by atoms with Crippen molar-refractivity contribution in [2.45, 2.75) is 53.2 Å². The number of rotatable bonds is 4. The maximum absolute atomic E-state index is 12.1. The Morgan fingerprint density at radius 2 is 1.55 bits per heavy atom. The van der Waals surface area contributed by atoms with Crippen molar-refractivity contribution in [1.29, 1.82) is 0 Å². The molecule has 4 heteroatoms. The minimum absolute atomic E-state index is 0.00706. The van der Waals surface area contributed by atoms with Crippen molar-refractivity contribution in [2.75, 3.05) is 0 Å². The van der Waals surface area contributed by atoms with Gasteiger partial charge in [-0.05, 0) is 40.2 Å². The highest BCUT2D eigenvalue weighted by atomic mass is 16.2. The number of amides is 2. The molecule has 0 spiro atoms. The normalized spacial score (nSPS) is 10.8. The molecule has 4 nitrogen and oxygen atoms in total. The van der Waals surface area contributed by atoms with Gasteiger partial charge in [0.05, 0.1) is 0 Å². The van der Waals surface area contributed by atoms with Crippen molar-refractivity contribution < 1.29 is 9.59 Å². The van der Waals surface area contributed by atoms with Gasteiger partial charge in [-0.3, -0.25) is 9.59 Å². The molecule has 1 rings (SSSR count). The van der Waals surface area contributed by atoms with E-state index < -0.39 is 11.8 Å². The average molecular weight is 276 g/mol. The van der Waals surface area contributed by atoms with Crippen molar-refractivity contribution in [3.8, 4) is 0 Å². The Morgan fingerprint density at radius 1 is 1.05 bits per heavy atom. The summed E-state index contributed by atoms with van der Waals surface area (Å²) >= 11 is 0. The Morgan fingerprint density at radius 3 is 2.00 bits per heavy atom. The third kappa shape index (κ3) is 4.37. The number of nitrogens with zero attached hydrogens (tertiary/aromatic N) is 1. The number of hydrogen-bond acceptors (Lipinski definition) is 2. The van der Waals surface area contributed by atoms with Gasteiger partial charge in [-0.15, -0.1) is 0 Å². The van der Waals surface area contributed by atoms with E-state index in [1.165, 1.54) is 5.56 Å². The fourth-order valence-electron chi connectivity index (χ4n) is 2.15. The fraction of sp³-hybridized carbons (Fsp3) is 0.500. The molecular formula is C16H24N2O2. The molecule has 20 heavy (non-hydrogen) atoms. The lowest BCUT2D eigenvalue weighted by Gasteiger charge is -2.29. The molecule has 2 amide bonds. The predicted molar refractivity (Wildman–Crippen MR) is 80.1 cm³/mol. The third-order valence-electron chi connectivity index (χ3n) is 3.12. The Hall–Kier alpha value is -1.84. The molecule has 0 aromatic heterocycles. The summed E-state index contributed by atoms with van der Waals surface area (Å²) in [6, 6.07) is 7.88. The van der Waals surface area contributed by atoms with E-state index in [0.717, 1.165) is 5.56 Å². The van der Waals surface area contributed by atoms with Crippen LogP contribution in [0, 0.1) is 6.92 Å². The van der Waals surface area contributed by atoms with Crippen molar-refractivity contribution >= 4 is 11.8 Å². The summed E-state index contributed by atoms with van der Waals surface area (Å²) in [5.74, 6) is -1.02. The van der Waals surface area contributed by atoms with E-state index in [1.807, 2.05) is 58.9 Å². The van der Waals surface area contributed by atoms with Crippen molar-refractivity contribution in [1.82, 2.24) is 10.2 Å². The molecule has 1 aromatic carbocycles.